The van der Waals surface area contributed by atoms with Crippen LogP contribution in [-0.2, 0) is 15.8 Å². The fourth-order valence-electron chi connectivity index (χ4n) is 3.16. The third kappa shape index (κ3) is 5.81. The van der Waals surface area contributed by atoms with Crippen molar-refractivity contribution in [2.45, 2.75) is 51.7 Å². The van der Waals surface area contributed by atoms with E-state index in [0.717, 1.165) is 18.9 Å². The maximum absolute atomic E-state index is 12.8. The molecule has 1 saturated heterocycles. The SMILES string of the molecule is CC(C)C[C@H](C(=O)NNc1ccc(C(F)(F)F)cc1[N+](=O)[O-])N1CCCCC1=O. The maximum Gasteiger partial charge on any atom is 0.416 e. The molecule has 1 aromatic rings. The lowest BCUT2D eigenvalue weighted by atomic mass is 9.99. The van der Waals surface area contributed by atoms with Crippen LogP contribution in [0.3, 0.4) is 0 Å². The number of rotatable bonds is 7. The number of nitrogens with one attached hydrogen (secondary N) is 2. The largest absolute Gasteiger partial charge is 0.416 e. The Labute approximate surface area is 165 Å². The summed E-state index contributed by atoms with van der Waals surface area (Å²) in [5.41, 5.74) is 2.36. The van der Waals surface area contributed by atoms with Crippen molar-refractivity contribution < 1.29 is 27.7 Å². The molecule has 2 N–H and O–H groups in total. The Morgan fingerprint density at radius 1 is 1.31 bits per heavy atom. The zero-order valence-electron chi connectivity index (χ0n) is 16.1. The third-order valence-electron chi connectivity index (χ3n) is 4.58. The minimum atomic E-state index is -4.73. The molecule has 0 radical (unpaired) electrons. The van der Waals surface area contributed by atoms with Crippen molar-refractivity contribution in [1.82, 2.24) is 10.3 Å². The summed E-state index contributed by atoms with van der Waals surface area (Å²) < 4.78 is 38.4. The number of benzene rings is 1. The van der Waals surface area contributed by atoms with Crippen LogP contribution in [0.25, 0.3) is 0 Å². The van der Waals surface area contributed by atoms with Gasteiger partial charge in [0.15, 0.2) is 0 Å². The molecule has 11 heteroatoms. The average molecular weight is 416 g/mol. The molecule has 0 saturated carbocycles. The van der Waals surface area contributed by atoms with Gasteiger partial charge in [-0.25, -0.2) is 0 Å². The lowest BCUT2D eigenvalue weighted by Gasteiger charge is -2.34. The molecule has 160 valence electrons. The highest BCUT2D eigenvalue weighted by Gasteiger charge is 2.34. The fourth-order valence-corrected chi connectivity index (χ4v) is 3.16. The smallest absolute Gasteiger partial charge is 0.331 e. The van der Waals surface area contributed by atoms with Crippen LogP contribution in [0, 0.1) is 16.0 Å². The van der Waals surface area contributed by atoms with Gasteiger partial charge in [-0.2, -0.15) is 13.2 Å². The second-order valence-corrected chi connectivity index (χ2v) is 7.29. The van der Waals surface area contributed by atoms with Gasteiger partial charge >= 0.3 is 6.18 Å². The summed E-state index contributed by atoms with van der Waals surface area (Å²) in [6, 6.07) is 1.18. The van der Waals surface area contributed by atoms with Gasteiger partial charge in [-0.1, -0.05) is 13.8 Å². The first-order valence-corrected chi connectivity index (χ1v) is 9.21. The van der Waals surface area contributed by atoms with Gasteiger partial charge in [-0.15, -0.1) is 0 Å². The lowest BCUT2D eigenvalue weighted by molar-refractivity contribution is -0.384. The Morgan fingerprint density at radius 3 is 2.55 bits per heavy atom. The highest BCUT2D eigenvalue weighted by Crippen LogP contribution is 2.34. The number of likely N-dealkylation sites (tertiary alicyclic amines) is 1. The quantitative estimate of drug-likeness (QED) is 0.523. The highest BCUT2D eigenvalue weighted by molar-refractivity contribution is 5.89. The molecular weight excluding hydrogens is 393 g/mol. The van der Waals surface area contributed by atoms with Gasteiger partial charge in [0.05, 0.1) is 10.5 Å². The molecule has 0 spiro atoms. The van der Waals surface area contributed by atoms with Crippen LogP contribution in [0.5, 0.6) is 0 Å². The Bertz CT molecular complexity index is 783. The molecule has 2 amide bonds. The van der Waals surface area contributed by atoms with Gasteiger partial charge in [0, 0.05) is 19.0 Å². The number of carbonyl (C=O) groups is 2. The molecule has 1 atom stereocenters. The summed E-state index contributed by atoms with van der Waals surface area (Å²) in [7, 11) is 0. The Balaban J connectivity index is 2.18. The van der Waals surface area contributed by atoms with E-state index in [1.54, 1.807) is 0 Å². The van der Waals surface area contributed by atoms with Crippen LogP contribution in [0.2, 0.25) is 0 Å². The molecule has 8 nitrogen and oxygen atoms in total. The van der Waals surface area contributed by atoms with Gasteiger partial charge in [0.1, 0.15) is 11.7 Å². The van der Waals surface area contributed by atoms with E-state index in [1.807, 2.05) is 13.8 Å². The van der Waals surface area contributed by atoms with Crippen molar-refractivity contribution in [2.24, 2.45) is 5.92 Å². The minimum absolute atomic E-state index is 0.0980. The second kappa shape index (κ2) is 9.10. The Kier molecular flexibility index (Phi) is 7.04. The summed E-state index contributed by atoms with van der Waals surface area (Å²) in [5, 5.41) is 11.1. The summed E-state index contributed by atoms with van der Waals surface area (Å²) in [4.78, 5) is 36.6. The van der Waals surface area contributed by atoms with E-state index < -0.39 is 34.3 Å². The highest BCUT2D eigenvalue weighted by atomic mass is 19.4. The Hall–Kier alpha value is -2.85. The predicted molar refractivity (Wildman–Crippen MR) is 98.7 cm³/mol. The van der Waals surface area contributed by atoms with Crippen LogP contribution < -0.4 is 10.9 Å². The number of nitrogens with zero attached hydrogens (tertiary/aromatic N) is 2. The number of alkyl halides is 3. The number of nitro benzene ring substituents is 1. The maximum atomic E-state index is 12.8. The summed E-state index contributed by atoms with van der Waals surface area (Å²) in [6.45, 7) is 4.22. The van der Waals surface area contributed by atoms with E-state index in [9.17, 15) is 32.9 Å². The molecule has 0 unspecified atom stereocenters. The number of hydrogen-bond acceptors (Lipinski definition) is 5. The summed E-state index contributed by atoms with van der Waals surface area (Å²) >= 11 is 0. The van der Waals surface area contributed by atoms with Crippen LogP contribution in [0.4, 0.5) is 24.5 Å². The molecule has 0 aliphatic carbocycles. The zero-order chi connectivity index (χ0) is 21.8. The number of halogens is 3. The van der Waals surface area contributed by atoms with E-state index in [2.05, 4.69) is 10.9 Å². The monoisotopic (exact) mass is 416 g/mol. The summed E-state index contributed by atoms with van der Waals surface area (Å²) in [5.74, 6) is -0.624. The zero-order valence-corrected chi connectivity index (χ0v) is 16.1. The van der Waals surface area contributed by atoms with Crippen molar-refractivity contribution in [3.8, 4) is 0 Å². The Morgan fingerprint density at radius 2 is 2.00 bits per heavy atom. The molecule has 1 aliphatic rings. The normalized spacial score (nSPS) is 15.9. The van der Waals surface area contributed by atoms with Crippen LogP contribution >= 0.6 is 0 Å². The first-order chi connectivity index (χ1) is 13.5. The molecule has 0 bridgehead atoms. The van der Waals surface area contributed by atoms with Gasteiger partial charge in [-0.3, -0.25) is 30.6 Å². The van der Waals surface area contributed by atoms with Crippen molar-refractivity contribution in [3.63, 3.8) is 0 Å². The van der Waals surface area contributed by atoms with Crippen LogP contribution in [0.1, 0.15) is 45.1 Å². The van der Waals surface area contributed by atoms with Gasteiger partial charge in [0.2, 0.25) is 5.91 Å². The topological polar surface area (TPSA) is 105 Å². The first-order valence-electron chi connectivity index (χ1n) is 9.21. The summed E-state index contributed by atoms with van der Waals surface area (Å²) in [6.07, 6.45) is -2.48. The van der Waals surface area contributed by atoms with Crippen LogP contribution in [-0.4, -0.2) is 34.2 Å². The number of hydrazine groups is 1. The van der Waals surface area contributed by atoms with E-state index in [4.69, 9.17) is 0 Å². The van der Waals surface area contributed by atoms with Gasteiger partial charge < -0.3 is 4.90 Å². The molecule has 29 heavy (non-hydrogen) atoms. The predicted octanol–water partition coefficient (Wildman–Crippen LogP) is 3.48. The van der Waals surface area contributed by atoms with Crippen LogP contribution in [0.15, 0.2) is 18.2 Å². The lowest BCUT2D eigenvalue weighted by Crippen LogP contribution is -2.52. The first kappa shape index (κ1) is 22.4. The van der Waals surface area contributed by atoms with Crippen molar-refractivity contribution in [1.29, 1.82) is 0 Å². The molecule has 1 aromatic carbocycles. The number of anilines is 1. The molecular formula is C18H23F3N4O4. The van der Waals surface area contributed by atoms with E-state index >= 15 is 0 Å². The number of amides is 2. The van der Waals surface area contributed by atoms with E-state index in [0.29, 0.717) is 31.5 Å². The number of carbonyl (C=O) groups excluding carboxylic acids is 2. The third-order valence-corrected chi connectivity index (χ3v) is 4.58. The molecule has 0 aromatic heterocycles. The van der Waals surface area contributed by atoms with Crippen molar-refractivity contribution in [3.05, 3.63) is 33.9 Å². The van der Waals surface area contributed by atoms with Gasteiger partial charge in [-0.05, 0) is 37.3 Å². The average Bonchev–Trinajstić information content (AvgIpc) is 2.63. The molecule has 1 aliphatic heterocycles. The minimum Gasteiger partial charge on any atom is -0.331 e. The second-order valence-electron chi connectivity index (χ2n) is 7.29. The number of piperidine rings is 1. The standard InChI is InChI=1S/C18H23F3N4O4/c1-11(2)9-15(24-8-4-3-5-16(24)26)17(27)23-22-13-7-6-12(18(19,20)21)10-14(13)25(28)29/h6-7,10-11,15,22H,3-5,8-9H2,1-2H3,(H,23,27)/t15-/m1/s1. The van der Waals surface area contributed by atoms with Crippen molar-refractivity contribution >= 4 is 23.2 Å². The molecule has 1 fully saturated rings. The fraction of sp³-hybridized carbons (Fsp3) is 0.556. The van der Waals surface area contributed by atoms with E-state index in [1.165, 1.54) is 4.90 Å². The number of nitro groups is 1. The molecule has 2 rings (SSSR count). The molecule has 1 heterocycles. The number of hydrogen-bond donors (Lipinski definition) is 2. The van der Waals surface area contributed by atoms with Gasteiger partial charge in [0.25, 0.3) is 11.6 Å². The van der Waals surface area contributed by atoms with Crippen molar-refractivity contribution in [2.75, 3.05) is 12.0 Å². The van der Waals surface area contributed by atoms with E-state index in [-0.39, 0.29) is 17.5 Å².